The Balaban J connectivity index is 1.65. The number of para-hydroxylation sites is 2. The highest BCUT2D eigenvalue weighted by Crippen LogP contribution is 2.24. The number of benzene rings is 2. The number of carbonyl (C=O) groups excluding carboxylic acids is 1. The number of hydrogen-bond donors (Lipinski definition) is 1. The number of rotatable bonds is 7. The van der Waals surface area contributed by atoms with E-state index in [0.717, 1.165) is 21.8 Å². The van der Waals surface area contributed by atoms with Gasteiger partial charge in [-0.05, 0) is 36.8 Å². The van der Waals surface area contributed by atoms with Gasteiger partial charge in [0, 0.05) is 11.6 Å². The summed E-state index contributed by atoms with van der Waals surface area (Å²) < 4.78 is 2.07. The molecule has 0 fully saturated rings. The van der Waals surface area contributed by atoms with Gasteiger partial charge in [0.25, 0.3) is 0 Å². The summed E-state index contributed by atoms with van der Waals surface area (Å²) in [5.74, 6) is 0.271. The monoisotopic (exact) mass is 385 g/mol. The number of fused-ring (bicyclic) bond motifs is 1. The van der Waals surface area contributed by atoms with E-state index in [4.69, 9.17) is 11.6 Å². The Morgan fingerprint density at radius 3 is 2.77 bits per heavy atom. The molecule has 1 unspecified atom stereocenters. The van der Waals surface area contributed by atoms with Gasteiger partial charge < -0.3 is 9.88 Å². The largest absolute Gasteiger partial charge is 0.349 e. The van der Waals surface area contributed by atoms with Crippen LogP contribution in [0.3, 0.4) is 0 Å². The molecule has 0 spiro atoms. The first-order valence-corrected chi connectivity index (χ1v) is 9.68. The number of imidazole rings is 1. The first-order valence-electron chi connectivity index (χ1n) is 8.32. The van der Waals surface area contributed by atoms with Crippen LogP contribution in [0.25, 0.3) is 11.0 Å². The van der Waals surface area contributed by atoms with Crippen LogP contribution in [0, 0.1) is 0 Å². The van der Waals surface area contributed by atoms with E-state index in [1.54, 1.807) is 0 Å². The quantitative estimate of drug-likeness (QED) is 0.467. The molecule has 0 aliphatic heterocycles. The molecule has 0 aliphatic rings. The van der Waals surface area contributed by atoms with Gasteiger partial charge in [0.15, 0.2) is 5.16 Å². The van der Waals surface area contributed by atoms with E-state index in [2.05, 4.69) is 21.4 Å². The van der Waals surface area contributed by atoms with Gasteiger partial charge in [-0.3, -0.25) is 4.79 Å². The predicted molar refractivity (Wildman–Crippen MR) is 109 cm³/mol. The topological polar surface area (TPSA) is 46.9 Å². The number of allylic oxidation sites excluding steroid dienone is 1. The molecule has 1 aromatic heterocycles. The molecule has 0 aliphatic carbocycles. The van der Waals surface area contributed by atoms with Crippen molar-refractivity contribution in [3.8, 4) is 0 Å². The molecule has 4 nitrogen and oxygen atoms in total. The Morgan fingerprint density at radius 2 is 2.04 bits per heavy atom. The molecule has 2 aromatic carbocycles. The maximum atomic E-state index is 12.3. The smallest absolute Gasteiger partial charge is 0.230 e. The SMILES string of the molecule is C=CCn1c(SCC(=O)NC(C)c2ccc(Cl)cc2)nc2ccccc21. The Morgan fingerprint density at radius 1 is 1.31 bits per heavy atom. The predicted octanol–water partition coefficient (Wildman–Crippen LogP) is 4.85. The van der Waals surface area contributed by atoms with Crippen molar-refractivity contribution in [1.29, 1.82) is 0 Å². The standard InChI is InChI=1S/C20H20ClN3OS/c1-3-12-24-18-7-5-4-6-17(18)23-20(24)26-13-19(25)22-14(2)15-8-10-16(21)11-9-15/h3-11,14H,1,12-13H2,2H3,(H,22,25). The molecular formula is C20H20ClN3OS. The zero-order chi connectivity index (χ0) is 18.5. The molecular weight excluding hydrogens is 366 g/mol. The molecule has 134 valence electrons. The Hall–Kier alpha value is -2.24. The van der Waals surface area contributed by atoms with E-state index in [1.165, 1.54) is 11.8 Å². The number of nitrogens with one attached hydrogen (secondary N) is 1. The number of hydrogen-bond acceptors (Lipinski definition) is 3. The Bertz CT molecular complexity index is 920. The van der Waals surface area contributed by atoms with Crippen LogP contribution >= 0.6 is 23.4 Å². The second-order valence-electron chi connectivity index (χ2n) is 5.91. The first kappa shape index (κ1) is 18.5. The normalized spacial score (nSPS) is 12.1. The summed E-state index contributed by atoms with van der Waals surface area (Å²) in [6, 6.07) is 15.4. The van der Waals surface area contributed by atoms with Crippen LogP contribution in [-0.2, 0) is 11.3 Å². The second-order valence-corrected chi connectivity index (χ2v) is 7.29. The van der Waals surface area contributed by atoms with Crippen LogP contribution in [0.4, 0.5) is 0 Å². The highest BCUT2D eigenvalue weighted by atomic mass is 35.5. The van der Waals surface area contributed by atoms with Crippen LogP contribution in [0.5, 0.6) is 0 Å². The highest BCUT2D eigenvalue weighted by molar-refractivity contribution is 7.99. The molecule has 6 heteroatoms. The lowest BCUT2D eigenvalue weighted by molar-refractivity contribution is -0.119. The van der Waals surface area contributed by atoms with E-state index in [0.29, 0.717) is 17.3 Å². The zero-order valence-electron chi connectivity index (χ0n) is 14.5. The molecule has 3 rings (SSSR count). The number of amides is 1. The molecule has 1 amide bonds. The van der Waals surface area contributed by atoms with Crippen molar-refractivity contribution in [2.45, 2.75) is 24.7 Å². The third-order valence-electron chi connectivity index (χ3n) is 4.01. The van der Waals surface area contributed by atoms with Gasteiger partial charge in [0.1, 0.15) is 0 Å². The lowest BCUT2D eigenvalue weighted by Gasteiger charge is -2.14. The number of nitrogens with zero attached hydrogens (tertiary/aromatic N) is 2. The van der Waals surface area contributed by atoms with E-state index < -0.39 is 0 Å². The Labute approximate surface area is 162 Å². The highest BCUT2D eigenvalue weighted by Gasteiger charge is 2.14. The fraction of sp³-hybridized carbons (Fsp3) is 0.200. The van der Waals surface area contributed by atoms with Gasteiger partial charge in [-0.25, -0.2) is 4.98 Å². The molecule has 3 aromatic rings. The van der Waals surface area contributed by atoms with E-state index in [-0.39, 0.29) is 11.9 Å². The molecule has 0 bridgehead atoms. The van der Waals surface area contributed by atoms with Crippen molar-refractivity contribution in [1.82, 2.24) is 14.9 Å². The van der Waals surface area contributed by atoms with Crippen LogP contribution in [0.15, 0.2) is 66.3 Å². The summed E-state index contributed by atoms with van der Waals surface area (Å²) in [6.07, 6.45) is 1.83. The van der Waals surface area contributed by atoms with Crippen molar-refractivity contribution in [2.24, 2.45) is 0 Å². The third-order valence-corrected chi connectivity index (χ3v) is 5.24. The minimum Gasteiger partial charge on any atom is -0.349 e. The van der Waals surface area contributed by atoms with Crippen LogP contribution < -0.4 is 5.32 Å². The maximum Gasteiger partial charge on any atom is 0.230 e. The zero-order valence-corrected chi connectivity index (χ0v) is 16.1. The van der Waals surface area contributed by atoms with Gasteiger partial charge in [0.2, 0.25) is 5.91 Å². The fourth-order valence-electron chi connectivity index (χ4n) is 2.72. The summed E-state index contributed by atoms with van der Waals surface area (Å²) in [6.45, 7) is 6.43. The summed E-state index contributed by atoms with van der Waals surface area (Å²) in [5.41, 5.74) is 2.99. The molecule has 1 atom stereocenters. The maximum absolute atomic E-state index is 12.3. The van der Waals surface area contributed by atoms with Crippen molar-refractivity contribution >= 4 is 40.3 Å². The average molecular weight is 386 g/mol. The van der Waals surface area contributed by atoms with E-state index in [1.807, 2.05) is 61.5 Å². The van der Waals surface area contributed by atoms with E-state index in [9.17, 15) is 4.79 Å². The van der Waals surface area contributed by atoms with E-state index >= 15 is 0 Å². The van der Waals surface area contributed by atoms with Gasteiger partial charge >= 0.3 is 0 Å². The van der Waals surface area contributed by atoms with Crippen molar-refractivity contribution < 1.29 is 4.79 Å². The minimum atomic E-state index is -0.0765. The second kappa shape index (κ2) is 8.43. The van der Waals surface area contributed by atoms with Crippen LogP contribution in [0.1, 0.15) is 18.5 Å². The van der Waals surface area contributed by atoms with Gasteiger partial charge in [0.05, 0.1) is 22.8 Å². The summed E-state index contributed by atoms with van der Waals surface area (Å²) >= 11 is 7.34. The van der Waals surface area contributed by atoms with Crippen molar-refractivity contribution in [3.05, 3.63) is 71.8 Å². The fourth-order valence-corrected chi connectivity index (χ4v) is 3.68. The molecule has 0 saturated carbocycles. The lowest BCUT2D eigenvalue weighted by Crippen LogP contribution is -2.28. The molecule has 0 saturated heterocycles. The summed E-state index contributed by atoms with van der Waals surface area (Å²) in [7, 11) is 0. The third kappa shape index (κ3) is 4.29. The molecule has 1 heterocycles. The average Bonchev–Trinajstić information content (AvgIpc) is 2.99. The van der Waals surface area contributed by atoms with Crippen LogP contribution in [-0.4, -0.2) is 21.2 Å². The van der Waals surface area contributed by atoms with Gasteiger partial charge in [-0.1, -0.05) is 53.7 Å². The number of aromatic nitrogens is 2. The van der Waals surface area contributed by atoms with Crippen molar-refractivity contribution in [2.75, 3.05) is 5.75 Å². The van der Waals surface area contributed by atoms with Gasteiger partial charge in [-0.15, -0.1) is 6.58 Å². The number of thioether (sulfide) groups is 1. The molecule has 26 heavy (non-hydrogen) atoms. The lowest BCUT2D eigenvalue weighted by atomic mass is 10.1. The number of carbonyl (C=O) groups is 1. The minimum absolute atomic E-state index is 0.0327. The number of halogens is 1. The first-order chi connectivity index (χ1) is 12.6. The molecule has 1 N–H and O–H groups in total. The summed E-state index contributed by atoms with van der Waals surface area (Å²) in [5, 5.41) is 4.52. The summed E-state index contributed by atoms with van der Waals surface area (Å²) in [4.78, 5) is 17.0. The van der Waals surface area contributed by atoms with Gasteiger partial charge in [-0.2, -0.15) is 0 Å². The Kier molecular flexibility index (Phi) is 6.01. The van der Waals surface area contributed by atoms with Crippen LogP contribution in [0.2, 0.25) is 5.02 Å². The van der Waals surface area contributed by atoms with Crippen molar-refractivity contribution in [3.63, 3.8) is 0 Å². The molecule has 0 radical (unpaired) electrons.